The van der Waals surface area contributed by atoms with Crippen molar-refractivity contribution in [1.29, 1.82) is 0 Å². The van der Waals surface area contributed by atoms with Gasteiger partial charge in [-0.25, -0.2) is 0 Å². The molecule has 1 amide bonds. The van der Waals surface area contributed by atoms with Gasteiger partial charge < -0.3 is 19.5 Å². The van der Waals surface area contributed by atoms with Gasteiger partial charge in [-0.05, 0) is 41.5 Å². The van der Waals surface area contributed by atoms with Crippen molar-refractivity contribution in [1.82, 2.24) is 15.1 Å². The number of nitrogens with one attached hydrogen (secondary N) is 1. The van der Waals surface area contributed by atoms with E-state index in [-0.39, 0.29) is 11.9 Å². The van der Waals surface area contributed by atoms with Crippen molar-refractivity contribution in [2.45, 2.75) is 12.6 Å². The minimum atomic E-state index is -0.216. The van der Waals surface area contributed by atoms with E-state index in [2.05, 4.69) is 15.1 Å². The number of piperazine rings is 1. The van der Waals surface area contributed by atoms with E-state index in [1.54, 1.807) is 21.3 Å². The molecular weight excluding hydrogens is 454 g/mol. The van der Waals surface area contributed by atoms with Crippen LogP contribution in [0.1, 0.15) is 22.7 Å². The van der Waals surface area contributed by atoms with Gasteiger partial charge in [-0.2, -0.15) is 0 Å². The molecule has 1 saturated heterocycles. The number of rotatable bonds is 10. The van der Waals surface area contributed by atoms with E-state index in [0.717, 1.165) is 66.7 Å². The van der Waals surface area contributed by atoms with Crippen LogP contribution in [0.15, 0.2) is 72.8 Å². The number of nitrogens with zero attached hydrogens (tertiary/aromatic N) is 2. The molecule has 7 nitrogen and oxygen atoms in total. The Labute approximate surface area is 213 Å². The summed E-state index contributed by atoms with van der Waals surface area (Å²) in [5.74, 6) is 2.50. The molecule has 0 aliphatic carbocycles. The van der Waals surface area contributed by atoms with Crippen molar-refractivity contribution in [3.8, 4) is 17.2 Å². The second-order valence-corrected chi connectivity index (χ2v) is 8.91. The van der Waals surface area contributed by atoms with E-state index in [4.69, 9.17) is 14.2 Å². The molecule has 7 heteroatoms. The van der Waals surface area contributed by atoms with Gasteiger partial charge in [-0.1, -0.05) is 42.5 Å². The number of hydrogen-bond acceptors (Lipinski definition) is 6. The molecule has 1 N–H and O–H groups in total. The lowest BCUT2D eigenvalue weighted by Gasteiger charge is -2.34. The SMILES string of the molecule is COc1ccc([C@H](NC(=O)CN2CCN(Cc3cc(OC)ccc3OC)CC2)c2ccccc2)cc1. The predicted octanol–water partition coefficient (Wildman–Crippen LogP) is 3.74. The Morgan fingerprint density at radius 1 is 0.778 bits per heavy atom. The summed E-state index contributed by atoms with van der Waals surface area (Å²) in [5.41, 5.74) is 3.17. The third kappa shape index (κ3) is 6.56. The molecule has 0 bridgehead atoms. The van der Waals surface area contributed by atoms with Gasteiger partial charge in [-0.15, -0.1) is 0 Å². The molecule has 0 radical (unpaired) electrons. The number of hydrogen-bond donors (Lipinski definition) is 1. The monoisotopic (exact) mass is 489 g/mol. The van der Waals surface area contributed by atoms with Crippen LogP contribution in [0.3, 0.4) is 0 Å². The van der Waals surface area contributed by atoms with Crippen LogP contribution in [0, 0.1) is 0 Å². The van der Waals surface area contributed by atoms with Crippen LogP contribution in [0.5, 0.6) is 17.2 Å². The molecule has 0 spiro atoms. The highest BCUT2D eigenvalue weighted by atomic mass is 16.5. The number of ether oxygens (including phenoxy) is 3. The van der Waals surface area contributed by atoms with Gasteiger partial charge in [0.05, 0.1) is 33.9 Å². The second kappa shape index (κ2) is 12.4. The maximum atomic E-state index is 13.1. The summed E-state index contributed by atoms with van der Waals surface area (Å²) >= 11 is 0. The molecule has 3 aromatic carbocycles. The van der Waals surface area contributed by atoms with Crippen LogP contribution in [-0.4, -0.2) is 69.8 Å². The van der Waals surface area contributed by atoms with Crippen LogP contribution in [0.4, 0.5) is 0 Å². The fraction of sp³-hybridized carbons (Fsp3) is 0.345. The lowest BCUT2D eigenvalue weighted by molar-refractivity contribution is -0.123. The van der Waals surface area contributed by atoms with Crippen molar-refractivity contribution < 1.29 is 19.0 Å². The first-order valence-electron chi connectivity index (χ1n) is 12.2. The maximum Gasteiger partial charge on any atom is 0.234 e. The number of benzene rings is 3. The largest absolute Gasteiger partial charge is 0.497 e. The van der Waals surface area contributed by atoms with E-state index in [1.165, 1.54) is 0 Å². The Kier molecular flexibility index (Phi) is 8.81. The molecule has 0 aromatic heterocycles. The van der Waals surface area contributed by atoms with Crippen molar-refractivity contribution in [3.05, 3.63) is 89.5 Å². The summed E-state index contributed by atoms with van der Waals surface area (Å²) in [6.07, 6.45) is 0. The van der Waals surface area contributed by atoms with Gasteiger partial charge in [0.15, 0.2) is 0 Å². The molecule has 1 heterocycles. The molecule has 3 aromatic rings. The lowest BCUT2D eigenvalue weighted by atomic mass is 9.98. The van der Waals surface area contributed by atoms with Crippen molar-refractivity contribution in [2.24, 2.45) is 0 Å². The van der Waals surface area contributed by atoms with E-state index >= 15 is 0 Å². The van der Waals surface area contributed by atoms with Gasteiger partial charge >= 0.3 is 0 Å². The zero-order valence-corrected chi connectivity index (χ0v) is 21.3. The van der Waals surface area contributed by atoms with Gasteiger partial charge in [0.25, 0.3) is 0 Å². The molecule has 1 aliphatic heterocycles. The number of methoxy groups -OCH3 is 3. The first-order chi connectivity index (χ1) is 17.6. The Bertz CT molecular complexity index is 1110. The molecule has 1 atom stereocenters. The van der Waals surface area contributed by atoms with Crippen LogP contribution >= 0.6 is 0 Å². The number of carbonyl (C=O) groups excluding carboxylic acids is 1. The molecule has 1 aliphatic rings. The van der Waals surface area contributed by atoms with Crippen molar-refractivity contribution in [2.75, 3.05) is 54.1 Å². The zero-order valence-electron chi connectivity index (χ0n) is 21.3. The fourth-order valence-electron chi connectivity index (χ4n) is 4.56. The topological polar surface area (TPSA) is 63.3 Å². The van der Waals surface area contributed by atoms with Gasteiger partial charge in [0, 0.05) is 38.3 Å². The van der Waals surface area contributed by atoms with Gasteiger partial charge in [0.2, 0.25) is 5.91 Å². The summed E-state index contributed by atoms with van der Waals surface area (Å²) in [4.78, 5) is 17.7. The highest BCUT2D eigenvalue weighted by molar-refractivity contribution is 5.79. The third-order valence-corrected chi connectivity index (χ3v) is 6.60. The van der Waals surface area contributed by atoms with E-state index in [1.807, 2.05) is 72.8 Å². The lowest BCUT2D eigenvalue weighted by Crippen LogP contribution is -2.49. The molecule has 1 fully saturated rings. The maximum absolute atomic E-state index is 13.1. The van der Waals surface area contributed by atoms with Crippen LogP contribution in [-0.2, 0) is 11.3 Å². The minimum absolute atomic E-state index is 0.0163. The van der Waals surface area contributed by atoms with Gasteiger partial charge in [-0.3, -0.25) is 14.6 Å². The van der Waals surface area contributed by atoms with Crippen molar-refractivity contribution in [3.63, 3.8) is 0 Å². The first-order valence-corrected chi connectivity index (χ1v) is 12.2. The standard InChI is InChI=1S/C29H35N3O4/c1-34-25-11-9-23(10-12-25)29(22-7-5-4-6-8-22)30-28(33)21-32-17-15-31(16-18-32)20-24-19-26(35-2)13-14-27(24)36-3/h4-14,19,29H,15-18,20-21H2,1-3H3,(H,30,33)/t29-/m1/s1. The highest BCUT2D eigenvalue weighted by Gasteiger charge is 2.22. The molecule has 4 rings (SSSR count). The van der Waals surface area contributed by atoms with E-state index in [0.29, 0.717) is 6.54 Å². The minimum Gasteiger partial charge on any atom is -0.497 e. The Morgan fingerprint density at radius 3 is 2.03 bits per heavy atom. The smallest absolute Gasteiger partial charge is 0.234 e. The quantitative estimate of drug-likeness (QED) is 0.468. The van der Waals surface area contributed by atoms with Crippen LogP contribution in [0.2, 0.25) is 0 Å². The van der Waals surface area contributed by atoms with Crippen molar-refractivity contribution >= 4 is 5.91 Å². The summed E-state index contributed by atoms with van der Waals surface area (Å²) in [5, 5.41) is 3.25. The van der Waals surface area contributed by atoms with Gasteiger partial charge in [0.1, 0.15) is 17.2 Å². The average molecular weight is 490 g/mol. The highest BCUT2D eigenvalue weighted by Crippen LogP contribution is 2.26. The average Bonchev–Trinajstić information content (AvgIpc) is 2.93. The van der Waals surface area contributed by atoms with Crippen LogP contribution < -0.4 is 19.5 Å². The number of carbonyl (C=O) groups is 1. The molecule has 36 heavy (non-hydrogen) atoms. The molecule has 0 unspecified atom stereocenters. The Balaban J connectivity index is 1.34. The molecular formula is C29H35N3O4. The summed E-state index contributed by atoms with van der Waals surface area (Å²) < 4.78 is 16.2. The zero-order chi connectivity index (χ0) is 25.3. The Hall–Kier alpha value is -3.55. The Morgan fingerprint density at radius 2 is 1.39 bits per heavy atom. The fourth-order valence-corrected chi connectivity index (χ4v) is 4.56. The summed E-state index contributed by atoms with van der Waals surface area (Å²) in [6, 6.07) is 23.6. The predicted molar refractivity (Wildman–Crippen MR) is 141 cm³/mol. The van der Waals surface area contributed by atoms with Crippen LogP contribution in [0.25, 0.3) is 0 Å². The summed E-state index contributed by atoms with van der Waals surface area (Å²) in [6.45, 7) is 4.59. The second-order valence-electron chi connectivity index (χ2n) is 8.91. The van der Waals surface area contributed by atoms with E-state index in [9.17, 15) is 4.79 Å². The normalized spacial score (nSPS) is 15.2. The number of amides is 1. The first kappa shape index (κ1) is 25.5. The third-order valence-electron chi connectivity index (χ3n) is 6.60. The summed E-state index contributed by atoms with van der Waals surface area (Å²) in [7, 11) is 5.02. The van der Waals surface area contributed by atoms with E-state index < -0.39 is 0 Å². The molecule has 190 valence electrons. The molecule has 0 saturated carbocycles.